The number of thiophene rings is 1. The van der Waals surface area contributed by atoms with Crippen molar-refractivity contribution in [1.82, 2.24) is 5.32 Å². The lowest BCUT2D eigenvalue weighted by Gasteiger charge is -2.41. The number of nitrogens with one attached hydrogen (secondary N) is 1. The molecular formula is C17H29NS. The van der Waals surface area contributed by atoms with Gasteiger partial charge in [-0.3, -0.25) is 0 Å². The zero-order valence-corrected chi connectivity index (χ0v) is 13.6. The SMILES string of the molecule is CCCNCC1CCC(C)(C)CC1Cc1ccsc1. The zero-order valence-electron chi connectivity index (χ0n) is 12.7. The summed E-state index contributed by atoms with van der Waals surface area (Å²) in [5, 5.41) is 8.19. The molecule has 0 aromatic carbocycles. The predicted octanol–water partition coefficient (Wildman–Crippen LogP) is 4.73. The summed E-state index contributed by atoms with van der Waals surface area (Å²) in [6.07, 6.45) is 6.71. The summed E-state index contributed by atoms with van der Waals surface area (Å²) in [7, 11) is 0. The molecule has 0 bridgehead atoms. The van der Waals surface area contributed by atoms with E-state index in [0.717, 1.165) is 11.8 Å². The van der Waals surface area contributed by atoms with Crippen molar-refractivity contribution in [2.75, 3.05) is 13.1 Å². The molecule has 2 heteroatoms. The Morgan fingerprint density at radius 2 is 2.21 bits per heavy atom. The Labute approximate surface area is 122 Å². The monoisotopic (exact) mass is 279 g/mol. The molecule has 1 aliphatic carbocycles. The average Bonchev–Trinajstić information content (AvgIpc) is 2.84. The van der Waals surface area contributed by atoms with Gasteiger partial charge in [0.15, 0.2) is 0 Å². The minimum absolute atomic E-state index is 0.544. The van der Waals surface area contributed by atoms with Crippen molar-refractivity contribution in [2.24, 2.45) is 17.3 Å². The topological polar surface area (TPSA) is 12.0 Å². The van der Waals surface area contributed by atoms with E-state index in [2.05, 4.69) is 42.9 Å². The first-order chi connectivity index (χ1) is 9.11. The molecule has 0 spiro atoms. The molecule has 1 fully saturated rings. The quantitative estimate of drug-likeness (QED) is 0.742. The van der Waals surface area contributed by atoms with E-state index in [1.165, 1.54) is 45.2 Å². The number of rotatable bonds is 6. The Balaban J connectivity index is 1.95. The molecule has 108 valence electrons. The summed E-state index contributed by atoms with van der Waals surface area (Å²) < 4.78 is 0. The largest absolute Gasteiger partial charge is 0.316 e. The summed E-state index contributed by atoms with van der Waals surface area (Å²) in [4.78, 5) is 0. The zero-order chi connectivity index (χ0) is 13.7. The Hall–Kier alpha value is -0.340. The fraction of sp³-hybridized carbons (Fsp3) is 0.765. The molecule has 1 N–H and O–H groups in total. The van der Waals surface area contributed by atoms with Gasteiger partial charge in [0.05, 0.1) is 0 Å². The third-order valence-electron chi connectivity index (χ3n) is 4.58. The van der Waals surface area contributed by atoms with Crippen LogP contribution < -0.4 is 5.32 Å². The van der Waals surface area contributed by atoms with E-state index in [1.807, 2.05) is 11.3 Å². The third-order valence-corrected chi connectivity index (χ3v) is 5.32. The molecule has 2 unspecified atom stereocenters. The minimum Gasteiger partial charge on any atom is -0.316 e. The fourth-order valence-corrected chi connectivity index (χ4v) is 4.16. The van der Waals surface area contributed by atoms with Crippen LogP contribution in [0.4, 0.5) is 0 Å². The minimum atomic E-state index is 0.544. The van der Waals surface area contributed by atoms with Crippen molar-refractivity contribution in [3.63, 3.8) is 0 Å². The summed E-state index contributed by atoms with van der Waals surface area (Å²) >= 11 is 1.84. The summed E-state index contributed by atoms with van der Waals surface area (Å²) in [6, 6.07) is 2.31. The van der Waals surface area contributed by atoms with Gasteiger partial charge in [-0.25, -0.2) is 0 Å². The van der Waals surface area contributed by atoms with E-state index in [1.54, 1.807) is 5.56 Å². The molecule has 1 nitrogen and oxygen atoms in total. The molecular weight excluding hydrogens is 250 g/mol. The normalized spacial score (nSPS) is 26.5. The highest BCUT2D eigenvalue weighted by atomic mass is 32.1. The van der Waals surface area contributed by atoms with Gasteiger partial charge >= 0.3 is 0 Å². The van der Waals surface area contributed by atoms with Crippen molar-refractivity contribution < 1.29 is 0 Å². The Bertz CT molecular complexity index is 355. The Morgan fingerprint density at radius 1 is 1.37 bits per heavy atom. The van der Waals surface area contributed by atoms with Crippen LogP contribution in [0.15, 0.2) is 16.8 Å². The molecule has 2 atom stereocenters. The van der Waals surface area contributed by atoms with Crippen LogP contribution in [0.1, 0.15) is 52.0 Å². The van der Waals surface area contributed by atoms with E-state index in [4.69, 9.17) is 0 Å². The number of hydrogen-bond acceptors (Lipinski definition) is 2. The van der Waals surface area contributed by atoms with E-state index >= 15 is 0 Å². The Kier molecular flexibility index (Phi) is 5.47. The molecule has 1 heterocycles. The second-order valence-electron chi connectivity index (χ2n) is 6.97. The van der Waals surface area contributed by atoms with Gasteiger partial charge in [0.25, 0.3) is 0 Å². The Morgan fingerprint density at radius 3 is 2.89 bits per heavy atom. The molecule has 1 aromatic heterocycles. The van der Waals surface area contributed by atoms with Gasteiger partial charge in [0.2, 0.25) is 0 Å². The maximum Gasteiger partial charge on any atom is -0.00177 e. The highest BCUT2D eigenvalue weighted by molar-refractivity contribution is 7.07. The second kappa shape index (κ2) is 6.90. The van der Waals surface area contributed by atoms with Gasteiger partial charge in [-0.15, -0.1) is 0 Å². The lowest BCUT2D eigenvalue weighted by Crippen LogP contribution is -2.37. The molecule has 1 saturated carbocycles. The molecule has 0 saturated heterocycles. The number of hydrogen-bond donors (Lipinski definition) is 1. The van der Waals surface area contributed by atoms with Crippen molar-refractivity contribution in [2.45, 2.75) is 52.9 Å². The maximum absolute atomic E-state index is 3.64. The smallest absolute Gasteiger partial charge is 0.00177 e. The average molecular weight is 279 g/mol. The molecule has 0 amide bonds. The molecule has 0 radical (unpaired) electrons. The van der Waals surface area contributed by atoms with Crippen LogP contribution in [-0.4, -0.2) is 13.1 Å². The predicted molar refractivity (Wildman–Crippen MR) is 85.8 cm³/mol. The van der Waals surface area contributed by atoms with Gasteiger partial charge in [0.1, 0.15) is 0 Å². The van der Waals surface area contributed by atoms with Gasteiger partial charge < -0.3 is 5.32 Å². The summed E-state index contributed by atoms with van der Waals surface area (Å²) in [5.74, 6) is 1.74. The second-order valence-corrected chi connectivity index (χ2v) is 7.75. The van der Waals surface area contributed by atoms with Crippen molar-refractivity contribution in [3.8, 4) is 0 Å². The lowest BCUT2D eigenvalue weighted by atomic mass is 9.65. The van der Waals surface area contributed by atoms with Gasteiger partial charge in [0, 0.05) is 0 Å². The first kappa shape index (κ1) is 15.1. The van der Waals surface area contributed by atoms with Crippen molar-refractivity contribution in [3.05, 3.63) is 22.4 Å². The first-order valence-corrected chi connectivity index (χ1v) is 8.77. The lowest BCUT2D eigenvalue weighted by molar-refractivity contribution is 0.116. The van der Waals surface area contributed by atoms with Crippen LogP contribution >= 0.6 is 11.3 Å². The molecule has 1 aromatic rings. The van der Waals surface area contributed by atoms with Crippen LogP contribution in [0.5, 0.6) is 0 Å². The van der Waals surface area contributed by atoms with E-state index in [0.29, 0.717) is 5.41 Å². The van der Waals surface area contributed by atoms with Gasteiger partial charge in [-0.05, 0) is 84.8 Å². The van der Waals surface area contributed by atoms with E-state index in [-0.39, 0.29) is 0 Å². The van der Waals surface area contributed by atoms with Crippen molar-refractivity contribution in [1.29, 1.82) is 0 Å². The first-order valence-electron chi connectivity index (χ1n) is 7.82. The van der Waals surface area contributed by atoms with Gasteiger partial charge in [-0.2, -0.15) is 11.3 Å². The summed E-state index contributed by atoms with van der Waals surface area (Å²) in [6.45, 7) is 9.54. The maximum atomic E-state index is 3.64. The van der Waals surface area contributed by atoms with Crippen LogP contribution in [0.3, 0.4) is 0 Å². The molecule has 0 aliphatic heterocycles. The van der Waals surface area contributed by atoms with Gasteiger partial charge in [-0.1, -0.05) is 20.8 Å². The highest BCUT2D eigenvalue weighted by Gasteiger charge is 2.34. The van der Waals surface area contributed by atoms with Crippen molar-refractivity contribution >= 4 is 11.3 Å². The molecule has 19 heavy (non-hydrogen) atoms. The highest BCUT2D eigenvalue weighted by Crippen LogP contribution is 2.43. The standard InChI is InChI=1S/C17H29NS/c1-4-8-18-12-15-5-7-17(2,3)11-16(15)10-14-6-9-19-13-14/h6,9,13,15-16,18H,4-5,7-8,10-12H2,1-3H3. The third kappa shape index (κ3) is 4.61. The molecule has 2 rings (SSSR count). The summed E-state index contributed by atoms with van der Waals surface area (Å²) in [5.41, 5.74) is 2.09. The van der Waals surface area contributed by atoms with Crippen LogP contribution in [0.25, 0.3) is 0 Å². The van der Waals surface area contributed by atoms with Crippen LogP contribution in [0, 0.1) is 17.3 Å². The fourth-order valence-electron chi connectivity index (χ4n) is 3.47. The van der Waals surface area contributed by atoms with E-state index < -0.39 is 0 Å². The molecule has 1 aliphatic rings. The van der Waals surface area contributed by atoms with E-state index in [9.17, 15) is 0 Å². The van der Waals surface area contributed by atoms with Crippen LogP contribution in [0.2, 0.25) is 0 Å². The van der Waals surface area contributed by atoms with Crippen LogP contribution in [-0.2, 0) is 6.42 Å².